The van der Waals surface area contributed by atoms with Crippen LogP contribution in [0.4, 0.5) is 0 Å². The van der Waals surface area contributed by atoms with Crippen LogP contribution in [0, 0.1) is 11.8 Å². The van der Waals surface area contributed by atoms with Gasteiger partial charge in [0.2, 0.25) is 5.91 Å². The summed E-state index contributed by atoms with van der Waals surface area (Å²) in [6.07, 6.45) is 8.73. The largest absolute Gasteiger partial charge is 0.375 e. The molecule has 1 saturated carbocycles. The van der Waals surface area contributed by atoms with Crippen molar-refractivity contribution in [3.05, 3.63) is 18.0 Å². The summed E-state index contributed by atoms with van der Waals surface area (Å²) in [4.78, 5) is 26.6. The molecule has 0 bridgehead atoms. The maximum absolute atomic E-state index is 12.8. The molecule has 1 unspecified atom stereocenters. The molecule has 1 aliphatic carbocycles. The molecule has 1 N–H and O–H groups in total. The van der Waals surface area contributed by atoms with Crippen LogP contribution in [-0.2, 0) is 16.1 Å². The second kappa shape index (κ2) is 8.23. The highest BCUT2D eigenvalue weighted by atomic mass is 16.5. The molecule has 3 fully saturated rings. The molecule has 2 amide bonds. The van der Waals surface area contributed by atoms with Gasteiger partial charge in [0.05, 0.1) is 5.60 Å². The maximum atomic E-state index is 12.8. The van der Waals surface area contributed by atoms with Crippen molar-refractivity contribution in [2.24, 2.45) is 11.8 Å². The van der Waals surface area contributed by atoms with E-state index in [1.807, 2.05) is 11.8 Å². The lowest BCUT2D eigenvalue weighted by Crippen LogP contribution is -2.51. The molecular formula is C21H32N4O3. The van der Waals surface area contributed by atoms with E-state index in [4.69, 9.17) is 4.74 Å². The van der Waals surface area contributed by atoms with Crippen molar-refractivity contribution in [3.8, 4) is 0 Å². The molecule has 3 aliphatic rings. The molecule has 1 aromatic rings. The molecule has 28 heavy (non-hydrogen) atoms. The zero-order chi connectivity index (χ0) is 19.6. The SMILES string of the molecule is CCn1nccc1C(=O)N1CCC2(CC1)CC(CCNC(=O)C1CC1)CCO2. The highest BCUT2D eigenvalue weighted by Crippen LogP contribution is 2.39. The molecule has 0 radical (unpaired) electrons. The highest BCUT2D eigenvalue weighted by Gasteiger charge is 2.41. The maximum Gasteiger partial charge on any atom is 0.272 e. The molecule has 1 atom stereocenters. The number of hydrogen-bond acceptors (Lipinski definition) is 4. The quantitative estimate of drug-likeness (QED) is 0.811. The molecule has 1 spiro atoms. The van der Waals surface area contributed by atoms with Crippen molar-refractivity contribution in [2.45, 2.75) is 64.0 Å². The lowest BCUT2D eigenvalue weighted by Gasteiger charge is -2.46. The average molecular weight is 389 g/mol. The molecule has 2 aliphatic heterocycles. The fourth-order valence-electron chi connectivity index (χ4n) is 4.66. The van der Waals surface area contributed by atoms with E-state index in [2.05, 4.69) is 10.4 Å². The summed E-state index contributed by atoms with van der Waals surface area (Å²) >= 11 is 0. The predicted octanol–water partition coefficient (Wildman–Crippen LogP) is 2.22. The van der Waals surface area contributed by atoms with Crippen molar-refractivity contribution in [2.75, 3.05) is 26.2 Å². The summed E-state index contributed by atoms with van der Waals surface area (Å²) in [5, 5.41) is 7.30. The first kappa shape index (κ1) is 19.4. The minimum atomic E-state index is -0.0921. The van der Waals surface area contributed by atoms with Gasteiger partial charge in [0.15, 0.2) is 0 Å². The molecule has 4 rings (SSSR count). The number of rotatable bonds is 6. The third-order valence-corrected chi connectivity index (χ3v) is 6.59. The number of amides is 2. The van der Waals surface area contributed by atoms with E-state index in [-0.39, 0.29) is 23.3 Å². The van der Waals surface area contributed by atoms with Crippen LogP contribution in [0.1, 0.15) is 62.4 Å². The number of ether oxygens (including phenoxy) is 1. The molecule has 7 heteroatoms. The number of aromatic nitrogens is 2. The molecule has 154 valence electrons. The van der Waals surface area contributed by atoms with Crippen molar-refractivity contribution >= 4 is 11.8 Å². The number of carbonyl (C=O) groups excluding carboxylic acids is 2. The van der Waals surface area contributed by atoms with Crippen molar-refractivity contribution < 1.29 is 14.3 Å². The van der Waals surface area contributed by atoms with E-state index in [1.54, 1.807) is 16.9 Å². The van der Waals surface area contributed by atoms with Gasteiger partial charge in [-0.2, -0.15) is 5.10 Å². The summed E-state index contributed by atoms with van der Waals surface area (Å²) in [5.41, 5.74) is 0.581. The predicted molar refractivity (Wildman–Crippen MR) is 105 cm³/mol. The third-order valence-electron chi connectivity index (χ3n) is 6.59. The van der Waals surface area contributed by atoms with Gasteiger partial charge in [-0.1, -0.05) is 0 Å². The van der Waals surface area contributed by atoms with Gasteiger partial charge in [-0.25, -0.2) is 0 Å². The standard InChI is InChI=1S/C21H32N4O3/c1-2-25-18(6-11-23-25)20(27)24-12-8-21(9-13-24)15-16(7-14-28-21)5-10-22-19(26)17-3-4-17/h6,11,16-17H,2-5,7-10,12-15H2,1H3,(H,22,26). The lowest BCUT2D eigenvalue weighted by atomic mass is 9.78. The van der Waals surface area contributed by atoms with Crippen LogP contribution in [0.2, 0.25) is 0 Å². The Morgan fingerprint density at radius 2 is 2.07 bits per heavy atom. The van der Waals surface area contributed by atoms with Gasteiger partial charge >= 0.3 is 0 Å². The Bertz CT molecular complexity index is 704. The lowest BCUT2D eigenvalue weighted by molar-refractivity contribution is -0.125. The van der Waals surface area contributed by atoms with E-state index in [0.717, 1.165) is 71.2 Å². The van der Waals surface area contributed by atoms with Gasteiger partial charge in [0.25, 0.3) is 5.91 Å². The second-order valence-corrected chi connectivity index (χ2v) is 8.57. The zero-order valence-electron chi connectivity index (χ0n) is 16.9. The smallest absolute Gasteiger partial charge is 0.272 e. The van der Waals surface area contributed by atoms with E-state index >= 15 is 0 Å². The number of aryl methyl sites for hydroxylation is 1. The number of nitrogens with zero attached hydrogens (tertiary/aromatic N) is 3. The number of likely N-dealkylation sites (tertiary alicyclic amines) is 1. The number of piperidine rings is 1. The van der Waals surface area contributed by atoms with Crippen LogP contribution >= 0.6 is 0 Å². The summed E-state index contributed by atoms with van der Waals surface area (Å²) in [6.45, 7) is 5.74. The molecular weight excluding hydrogens is 356 g/mol. The number of carbonyl (C=O) groups is 2. The van der Waals surface area contributed by atoms with E-state index in [0.29, 0.717) is 18.2 Å². The fourth-order valence-corrected chi connectivity index (χ4v) is 4.66. The van der Waals surface area contributed by atoms with E-state index in [1.165, 1.54) is 0 Å². The molecule has 7 nitrogen and oxygen atoms in total. The van der Waals surface area contributed by atoms with Gasteiger partial charge in [0, 0.05) is 44.9 Å². The Morgan fingerprint density at radius 1 is 1.29 bits per heavy atom. The van der Waals surface area contributed by atoms with Crippen LogP contribution in [0.15, 0.2) is 12.3 Å². The van der Waals surface area contributed by atoms with Gasteiger partial charge in [0.1, 0.15) is 5.69 Å². The van der Waals surface area contributed by atoms with Crippen LogP contribution in [-0.4, -0.2) is 58.3 Å². The van der Waals surface area contributed by atoms with Gasteiger partial charge < -0.3 is 15.0 Å². The number of hydrogen-bond donors (Lipinski definition) is 1. The Balaban J connectivity index is 1.26. The number of nitrogens with one attached hydrogen (secondary N) is 1. The Kier molecular flexibility index (Phi) is 5.71. The van der Waals surface area contributed by atoms with Crippen LogP contribution in [0.25, 0.3) is 0 Å². The molecule has 1 aromatic heterocycles. The topological polar surface area (TPSA) is 76.5 Å². The highest BCUT2D eigenvalue weighted by molar-refractivity contribution is 5.92. The molecule has 3 heterocycles. The summed E-state index contributed by atoms with van der Waals surface area (Å²) in [6, 6.07) is 1.80. The third kappa shape index (κ3) is 4.24. The van der Waals surface area contributed by atoms with Gasteiger partial charge in [-0.3, -0.25) is 14.3 Å². The summed E-state index contributed by atoms with van der Waals surface area (Å²) in [7, 11) is 0. The van der Waals surface area contributed by atoms with Crippen LogP contribution in [0.5, 0.6) is 0 Å². The first-order valence-electron chi connectivity index (χ1n) is 10.8. The fraction of sp³-hybridized carbons (Fsp3) is 0.762. The molecule has 2 saturated heterocycles. The van der Waals surface area contributed by atoms with E-state index in [9.17, 15) is 9.59 Å². The van der Waals surface area contributed by atoms with Crippen molar-refractivity contribution in [1.82, 2.24) is 20.0 Å². The minimum absolute atomic E-state index is 0.0735. The zero-order valence-corrected chi connectivity index (χ0v) is 16.9. The van der Waals surface area contributed by atoms with Crippen molar-refractivity contribution in [3.63, 3.8) is 0 Å². The normalized spacial score (nSPS) is 24.3. The van der Waals surface area contributed by atoms with Crippen LogP contribution in [0.3, 0.4) is 0 Å². The Morgan fingerprint density at radius 3 is 2.79 bits per heavy atom. The minimum Gasteiger partial charge on any atom is -0.375 e. The second-order valence-electron chi connectivity index (χ2n) is 8.57. The van der Waals surface area contributed by atoms with Crippen LogP contribution < -0.4 is 5.32 Å². The summed E-state index contributed by atoms with van der Waals surface area (Å²) in [5.74, 6) is 1.19. The monoisotopic (exact) mass is 388 g/mol. The van der Waals surface area contributed by atoms with Gasteiger partial charge in [-0.15, -0.1) is 0 Å². The summed E-state index contributed by atoms with van der Waals surface area (Å²) < 4.78 is 7.99. The first-order chi connectivity index (χ1) is 13.6. The van der Waals surface area contributed by atoms with Crippen molar-refractivity contribution in [1.29, 1.82) is 0 Å². The average Bonchev–Trinajstić information content (AvgIpc) is 3.45. The van der Waals surface area contributed by atoms with E-state index < -0.39 is 0 Å². The Labute approximate surface area is 166 Å². The van der Waals surface area contributed by atoms with Gasteiger partial charge in [-0.05, 0) is 63.9 Å². The molecule has 0 aromatic carbocycles. The Hall–Kier alpha value is -1.89. The first-order valence-corrected chi connectivity index (χ1v) is 10.8.